The van der Waals surface area contributed by atoms with Gasteiger partial charge in [0.25, 0.3) is 0 Å². The molecule has 0 spiro atoms. The van der Waals surface area contributed by atoms with Gasteiger partial charge in [0.1, 0.15) is 16.9 Å². The Labute approximate surface area is 225 Å². The lowest BCUT2D eigenvalue weighted by atomic mass is 9.39. The number of ether oxygens (including phenoxy) is 4. The van der Waals surface area contributed by atoms with Gasteiger partial charge in [-0.3, -0.25) is 19.4 Å². The van der Waals surface area contributed by atoms with E-state index in [0.29, 0.717) is 66.3 Å². The SMILES string of the molecule is COC(=O)C12CC(NC(=O)C3(C(=O)Nc4ccc(Oc5ccnc6cc(OC)c(OC)cc56)cc4)CC3)(C1)C2. The lowest BCUT2D eigenvalue weighted by molar-refractivity contribution is -0.203. The Morgan fingerprint density at radius 1 is 0.846 bits per heavy atom. The van der Waals surface area contributed by atoms with Gasteiger partial charge >= 0.3 is 5.97 Å². The zero-order chi connectivity index (χ0) is 27.4. The van der Waals surface area contributed by atoms with E-state index in [1.54, 1.807) is 56.8 Å². The number of benzene rings is 2. The summed E-state index contributed by atoms with van der Waals surface area (Å²) in [5.41, 5.74) is -0.647. The topological polar surface area (TPSA) is 125 Å². The number of nitrogens with zero attached hydrogens (tertiary/aromatic N) is 1. The summed E-state index contributed by atoms with van der Waals surface area (Å²) in [5.74, 6) is 1.48. The highest BCUT2D eigenvalue weighted by Crippen LogP contribution is 2.68. The second kappa shape index (κ2) is 8.86. The predicted molar refractivity (Wildman–Crippen MR) is 141 cm³/mol. The molecule has 0 saturated heterocycles. The molecule has 4 saturated carbocycles. The lowest BCUT2D eigenvalue weighted by Gasteiger charge is -2.68. The number of rotatable bonds is 9. The van der Waals surface area contributed by atoms with Crippen molar-refractivity contribution < 1.29 is 33.3 Å². The van der Waals surface area contributed by atoms with E-state index in [1.807, 2.05) is 6.07 Å². The van der Waals surface area contributed by atoms with Crippen LogP contribution in [0.3, 0.4) is 0 Å². The van der Waals surface area contributed by atoms with Gasteiger partial charge in [-0.25, -0.2) is 0 Å². The van der Waals surface area contributed by atoms with Crippen LogP contribution in [-0.4, -0.2) is 49.6 Å². The first kappa shape index (κ1) is 25.0. The normalized spacial score (nSPS) is 23.5. The van der Waals surface area contributed by atoms with Gasteiger partial charge in [-0.2, -0.15) is 0 Å². The Bertz CT molecular complexity index is 1480. The van der Waals surface area contributed by atoms with Crippen LogP contribution in [-0.2, 0) is 19.1 Å². The van der Waals surface area contributed by atoms with Crippen LogP contribution >= 0.6 is 0 Å². The molecular weight excluding hydrogens is 502 g/mol. The number of carbonyl (C=O) groups excluding carboxylic acids is 3. The average molecular weight is 532 g/mol. The highest BCUT2D eigenvalue weighted by Gasteiger charge is 2.74. The number of esters is 1. The van der Waals surface area contributed by atoms with Gasteiger partial charge in [0.2, 0.25) is 11.8 Å². The molecule has 3 aromatic rings. The molecule has 0 aliphatic heterocycles. The van der Waals surface area contributed by atoms with Crippen molar-refractivity contribution in [2.75, 3.05) is 26.6 Å². The fourth-order valence-electron chi connectivity index (χ4n) is 5.92. The molecule has 2 amide bonds. The summed E-state index contributed by atoms with van der Waals surface area (Å²) in [5, 5.41) is 6.68. The van der Waals surface area contributed by atoms with Crippen molar-refractivity contribution in [3.8, 4) is 23.0 Å². The van der Waals surface area contributed by atoms with Crippen molar-refractivity contribution >= 4 is 34.4 Å². The minimum atomic E-state index is -1.07. The zero-order valence-electron chi connectivity index (χ0n) is 22.0. The molecule has 2 N–H and O–H groups in total. The maximum Gasteiger partial charge on any atom is 0.312 e. The highest BCUT2D eigenvalue weighted by atomic mass is 16.5. The molecule has 4 aliphatic rings. The molecule has 1 heterocycles. The lowest BCUT2D eigenvalue weighted by Crippen LogP contribution is -2.77. The monoisotopic (exact) mass is 531 g/mol. The molecule has 10 heteroatoms. The van der Waals surface area contributed by atoms with E-state index in [2.05, 4.69) is 15.6 Å². The maximum absolute atomic E-state index is 13.1. The van der Waals surface area contributed by atoms with Crippen LogP contribution in [0.5, 0.6) is 23.0 Å². The molecule has 10 nitrogen and oxygen atoms in total. The van der Waals surface area contributed by atoms with E-state index in [-0.39, 0.29) is 23.3 Å². The Morgan fingerprint density at radius 2 is 1.51 bits per heavy atom. The maximum atomic E-state index is 13.1. The van der Waals surface area contributed by atoms with Gasteiger partial charge in [0, 0.05) is 28.9 Å². The fourth-order valence-corrected chi connectivity index (χ4v) is 5.92. The van der Waals surface area contributed by atoms with E-state index < -0.39 is 10.8 Å². The summed E-state index contributed by atoms with van der Waals surface area (Å²) in [7, 11) is 4.52. The molecule has 0 radical (unpaired) electrons. The molecule has 4 fully saturated rings. The molecule has 2 bridgehead atoms. The number of nitrogens with one attached hydrogen (secondary N) is 2. The third-order valence-corrected chi connectivity index (χ3v) is 8.19. The summed E-state index contributed by atoms with van der Waals surface area (Å²) in [6.45, 7) is 0. The van der Waals surface area contributed by atoms with Crippen molar-refractivity contribution in [3.05, 3.63) is 48.7 Å². The third-order valence-electron chi connectivity index (χ3n) is 8.19. The molecule has 202 valence electrons. The molecule has 0 unspecified atom stereocenters. The van der Waals surface area contributed by atoms with Crippen LogP contribution in [0.25, 0.3) is 10.9 Å². The van der Waals surface area contributed by atoms with Crippen molar-refractivity contribution in [3.63, 3.8) is 0 Å². The van der Waals surface area contributed by atoms with E-state index in [0.717, 1.165) is 5.39 Å². The molecular formula is C29H29N3O7. The molecule has 39 heavy (non-hydrogen) atoms. The minimum absolute atomic E-state index is 0.220. The number of methoxy groups -OCH3 is 3. The van der Waals surface area contributed by atoms with E-state index in [4.69, 9.17) is 18.9 Å². The van der Waals surface area contributed by atoms with Gasteiger partial charge in [0.05, 0.1) is 32.3 Å². The van der Waals surface area contributed by atoms with Gasteiger partial charge in [0.15, 0.2) is 11.5 Å². The number of hydrogen-bond donors (Lipinski definition) is 2. The summed E-state index contributed by atoms with van der Waals surface area (Å²) in [6, 6.07) is 12.3. The van der Waals surface area contributed by atoms with Crippen LogP contribution in [0.15, 0.2) is 48.7 Å². The minimum Gasteiger partial charge on any atom is -0.493 e. The van der Waals surface area contributed by atoms with Crippen LogP contribution in [0.1, 0.15) is 32.1 Å². The number of carbonyl (C=O) groups is 3. The zero-order valence-corrected chi connectivity index (χ0v) is 22.0. The van der Waals surface area contributed by atoms with Gasteiger partial charge in [-0.15, -0.1) is 0 Å². The van der Waals surface area contributed by atoms with Crippen LogP contribution < -0.4 is 24.8 Å². The number of fused-ring (bicyclic) bond motifs is 1. The van der Waals surface area contributed by atoms with Crippen molar-refractivity contribution in [1.29, 1.82) is 0 Å². The number of amides is 2. The second-order valence-corrected chi connectivity index (χ2v) is 10.7. The summed E-state index contributed by atoms with van der Waals surface area (Å²) < 4.78 is 21.8. The van der Waals surface area contributed by atoms with Crippen LogP contribution in [0.4, 0.5) is 5.69 Å². The molecule has 7 rings (SSSR count). The van der Waals surface area contributed by atoms with E-state index in [9.17, 15) is 14.4 Å². The predicted octanol–water partition coefficient (Wildman–Crippen LogP) is 3.97. The van der Waals surface area contributed by atoms with Crippen LogP contribution in [0.2, 0.25) is 0 Å². The van der Waals surface area contributed by atoms with E-state index >= 15 is 0 Å². The van der Waals surface area contributed by atoms with Crippen molar-refractivity contribution in [1.82, 2.24) is 10.3 Å². The Hall–Kier alpha value is -4.34. The molecule has 2 aromatic carbocycles. The highest BCUT2D eigenvalue weighted by molar-refractivity contribution is 6.13. The molecule has 1 aromatic heterocycles. The largest absolute Gasteiger partial charge is 0.493 e. The van der Waals surface area contributed by atoms with Crippen LogP contribution in [0, 0.1) is 10.8 Å². The van der Waals surface area contributed by atoms with Crippen molar-refractivity contribution in [2.24, 2.45) is 10.8 Å². The Balaban J connectivity index is 1.10. The van der Waals surface area contributed by atoms with Gasteiger partial charge < -0.3 is 29.6 Å². The first-order valence-corrected chi connectivity index (χ1v) is 12.8. The van der Waals surface area contributed by atoms with Gasteiger partial charge in [-0.1, -0.05) is 0 Å². The summed E-state index contributed by atoms with van der Waals surface area (Å²) in [4.78, 5) is 42.5. The third kappa shape index (κ3) is 4.02. The molecule has 4 aliphatic carbocycles. The first-order valence-electron chi connectivity index (χ1n) is 12.8. The molecule has 0 atom stereocenters. The fraction of sp³-hybridized carbons (Fsp3) is 0.379. The van der Waals surface area contributed by atoms with Crippen molar-refractivity contribution in [2.45, 2.75) is 37.6 Å². The second-order valence-electron chi connectivity index (χ2n) is 10.7. The van der Waals surface area contributed by atoms with Gasteiger partial charge in [-0.05, 0) is 68.5 Å². The number of pyridine rings is 1. The standard InChI is InChI=1S/C29H29N3O7/c1-36-22-12-19-20(13-23(22)37-2)30-11-8-21(19)39-18-6-4-17(5-7-18)31-24(33)29(9-10-29)25(34)32-28-14-27(15-28,16-28)26(35)38-3/h4-8,11-13H,9-10,14-16H2,1-3H3,(H,31,33)(H,32,34). The quantitative estimate of drug-likeness (QED) is 0.314. The number of aromatic nitrogens is 1. The smallest absolute Gasteiger partial charge is 0.312 e. The summed E-state index contributed by atoms with van der Waals surface area (Å²) in [6.07, 6.45) is 4.36. The average Bonchev–Trinajstić information content (AvgIpc) is 3.72. The number of anilines is 1. The number of hydrogen-bond acceptors (Lipinski definition) is 8. The van der Waals surface area contributed by atoms with E-state index in [1.165, 1.54) is 7.11 Å². The Kier molecular flexibility index (Phi) is 5.67. The summed E-state index contributed by atoms with van der Waals surface area (Å²) >= 11 is 0. The first-order chi connectivity index (χ1) is 18.7. The Morgan fingerprint density at radius 3 is 2.13 bits per heavy atom.